The van der Waals surface area contributed by atoms with E-state index in [0.29, 0.717) is 0 Å². The van der Waals surface area contributed by atoms with Gasteiger partial charge >= 0.3 is 5.97 Å². The molecule has 1 aromatic rings. The highest BCUT2D eigenvalue weighted by Crippen LogP contribution is 2.22. The van der Waals surface area contributed by atoms with Gasteiger partial charge in [0.2, 0.25) is 15.9 Å². The van der Waals surface area contributed by atoms with Gasteiger partial charge in [0.25, 0.3) is 0 Å². The van der Waals surface area contributed by atoms with E-state index in [0.717, 1.165) is 12.1 Å². The SMILES string of the molecule is CNC(=O)CCOc1ccc(S(N)(=O)=O)cc1C(=O)O. The number of amides is 1. The topological polar surface area (TPSA) is 136 Å². The van der Waals surface area contributed by atoms with Crippen molar-refractivity contribution in [3.05, 3.63) is 23.8 Å². The molecule has 0 radical (unpaired) electrons. The van der Waals surface area contributed by atoms with Gasteiger partial charge < -0.3 is 15.2 Å². The number of hydrogen-bond donors (Lipinski definition) is 3. The molecule has 0 saturated carbocycles. The Morgan fingerprint density at radius 1 is 1.40 bits per heavy atom. The van der Waals surface area contributed by atoms with E-state index in [-0.39, 0.29) is 35.1 Å². The van der Waals surface area contributed by atoms with Crippen molar-refractivity contribution in [3.63, 3.8) is 0 Å². The highest BCUT2D eigenvalue weighted by atomic mass is 32.2. The third-order valence-corrected chi connectivity index (χ3v) is 3.29. The lowest BCUT2D eigenvalue weighted by Gasteiger charge is -2.10. The summed E-state index contributed by atoms with van der Waals surface area (Å²) in [6.45, 7) is -0.0331. The van der Waals surface area contributed by atoms with Gasteiger partial charge in [-0.3, -0.25) is 4.79 Å². The summed E-state index contributed by atoms with van der Waals surface area (Å²) >= 11 is 0. The molecule has 4 N–H and O–H groups in total. The molecule has 0 aliphatic carbocycles. The van der Waals surface area contributed by atoms with Crippen LogP contribution >= 0.6 is 0 Å². The van der Waals surface area contributed by atoms with Gasteiger partial charge in [0.05, 0.1) is 17.9 Å². The molecule has 0 unspecified atom stereocenters. The van der Waals surface area contributed by atoms with E-state index < -0.39 is 16.0 Å². The zero-order valence-corrected chi connectivity index (χ0v) is 11.4. The van der Waals surface area contributed by atoms with Crippen molar-refractivity contribution in [3.8, 4) is 5.75 Å². The van der Waals surface area contributed by atoms with Crippen LogP contribution in [-0.4, -0.2) is 39.1 Å². The minimum atomic E-state index is -4.00. The van der Waals surface area contributed by atoms with E-state index in [9.17, 15) is 18.0 Å². The largest absolute Gasteiger partial charge is 0.492 e. The summed E-state index contributed by atoms with van der Waals surface area (Å²) in [5.41, 5.74) is -0.339. The van der Waals surface area contributed by atoms with E-state index in [4.69, 9.17) is 15.0 Å². The van der Waals surface area contributed by atoms with Gasteiger partial charge in [-0.1, -0.05) is 0 Å². The van der Waals surface area contributed by atoms with Crippen molar-refractivity contribution in [2.45, 2.75) is 11.3 Å². The number of nitrogens with two attached hydrogens (primary N) is 1. The molecule has 1 aromatic carbocycles. The van der Waals surface area contributed by atoms with Crippen molar-refractivity contribution in [1.82, 2.24) is 5.32 Å². The van der Waals surface area contributed by atoms with E-state index in [1.807, 2.05) is 0 Å². The van der Waals surface area contributed by atoms with Crippen molar-refractivity contribution in [2.24, 2.45) is 5.14 Å². The predicted octanol–water partition coefficient (Wildman–Crippen LogP) is -0.453. The van der Waals surface area contributed by atoms with E-state index >= 15 is 0 Å². The van der Waals surface area contributed by atoms with Gasteiger partial charge in [0, 0.05) is 7.05 Å². The first-order valence-corrected chi connectivity index (χ1v) is 7.04. The molecular formula is C11H14N2O6S. The molecule has 8 nitrogen and oxygen atoms in total. The van der Waals surface area contributed by atoms with E-state index in [1.165, 1.54) is 13.1 Å². The number of carboxylic acid groups (broad SMARTS) is 1. The molecule has 0 heterocycles. The second-order valence-corrected chi connectivity index (χ2v) is 5.34. The number of hydrogen-bond acceptors (Lipinski definition) is 5. The fraction of sp³-hybridized carbons (Fsp3) is 0.273. The third-order valence-electron chi connectivity index (χ3n) is 2.38. The Labute approximate surface area is 115 Å². The number of primary sulfonamides is 1. The number of carboxylic acids is 1. The summed E-state index contributed by atoms with van der Waals surface area (Å²) in [5.74, 6) is -1.65. The molecule has 0 aromatic heterocycles. The maximum atomic E-state index is 11.2. The second kappa shape index (κ2) is 6.35. The summed E-state index contributed by atoms with van der Waals surface area (Å²) in [5, 5.41) is 16.3. The van der Waals surface area contributed by atoms with E-state index in [2.05, 4.69) is 5.32 Å². The fourth-order valence-electron chi connectivity index (χ4n) is 1.36. The second-order valence-electron chi connectivity index (χ2n) is 3.78. The van der Waals surface area contributed by atoms with Gasteiger partial charge in [-0.15, -0.1) is 0 Å². The average Bonchev–Trinajstić information content (AvgIpc) is 2.37. The first kappa shape index (κ1) is 15.9. The summed E-state index contributed by atoms with van der Waals surface area (Å²) in [4.78, 5) is 21.7. The molecule has 9 heteroatoms. The molecule has 0 saturated heterocycles. The van der Waals surface area contributed by atoms with Gasteiger partial charge in [-0.25, -0.2) is 18.4 Å². The molecule has 0 aliphatic heterocycles. The Bertz CT molecular complexity index is 626. The highest BCUT2D eigenvalue weighted by molar-refractivity contribution is 7.89. The molecule has 110 valence electrons. The number of carbonyl (C=O) groups is 2. The standard InChI is InChI=1S/C11H14N2O6S/c1-13-10(14)4-5-19-9-3-2-7(20(12,17)18)6-8(9)11(15)16/h2-3,6H,4-5H2,1H3,(H,13,14)(H,15,16)(H2,12,17,18). The lowest BCUT2D eigenvalue weighted by Crippen LogP contribution is -2.20. The number of rotatable bonds is 6. The lowest BCUT2D eigenvalue weighted by molar-refractivity contribution is -0.121. The van der Waals surface area contributed by atoms with Crippen LogP contribution in [0.15, 0.2) is 23.1 Å². The zero-order valence-electron chi connectivity index (χ0n) is 10.6. The Morgan fingerprint density at radius 2 is 2.05 bits per heavy atom. The summed E-state index contributed by atoms with van der Waals surface area (Å²) in [7, 11) is -2.53. The number of benzene rings is 1. The summed E-state index contributed by atoms with van der Waals surface area (Å²) in [6, 6.07) is 3.23. The van der Waals surface area contributed by atoms with Crippen LogP contribution in [0.2, 0.25) is 0 Å². The van der Waals surface area contributed by atoms with Gasteiger partial charge in [0.1, 0.15) is 11.3 Å². The summed E-state index contributed by atoms with van der Waals surface area (Å²) in [6.07, 6.45) is 0.0481. The Kier molecular flexibility index (Phi) is 5.06. The first-order chi connectivity index (χ1) is 9.25. The van der Waals surface area contributed by atoms with Gasteiger partial charge in [-0.05, 0) is 18.2 Å². The Balaban J connectivity index is 2.97. The quantitative estimate of drug-likeness (QED) is 0.651. The monoisotopic (exact) mass is 302 g/mol. The van der Waals surface area contributed by atoms with Gasteiger partial charge in [-0.2, -0.15) is 0 Å². The average molecular weight is 302 g/mol. The van der Waals surface area contributed by atoms with Crippen molar-refractivity contribution in [1.29, 1.82) is 0 Å². The number of nitrogens with one attached hydrogen (secondary N) is 1. The molecule has 0 bridgehead atoms. The van der Waals surface area contributed by atoms with Crippen molar-refractivity contribution >= 4 is 21.9 Å². The number of ether oxygens (including phenoxy) is 1. The Morgan fingerprint density at radius 3 is 2.55 bits per heavy atom. The molecular weight excluding hydrogens is 288 g/mol. The van der Waals surface area contributed by atoms with Crippen LogP contribution in [0.1, 0.15) is 16.8 Å². The maximum absolute atomic E-state index is 11.2. The Hall–Kier alpha value is -2.13. The van der Waals surface area contributed by atoms with Crippen LogP contribution in [0.5, 0.6) is 5.75 Å². The minimum Gasteiger partial charge on any atom is -0.492 e. The third kappa shape index (κ3) is 4.21. The predicted molar refractivity (Wildman–Crippen MR) is 69.0 cm³/mol. The van der Waals surface area contributed by atoms with Gasteiger partial charge in [0.15, 0.2) is 0 Å². The molecule has 0 atom stereocenters. The number of carbonyl (C=O) groups excluding carboxylic acids is 1. The van der Waals surface area contributed by atoms with Crippen LogP contribution in [-0.2, 0) is 14.8 Å². The van der Waals surface area contributed by atoms with Crippen molar-refractivity contribution in [2.75, 3.05) is 13.7 Å². The van der Waals surface area contributed by atoms with E-state index in [1.54, 1.807) is 0 Å². The molecule has 1 rings (SSSR count). The molecule has 0 aliphatic rings. The highest BCUT2D eigenvalue weighted by Gasteiger charge is 2.17. The normalized spacial score (nSPS) is 10.9. The lowest BCUT2D eigenvalue weighted by atomic mass is 10.2. The molecule has 0 spiro atoms. The van der Waals surface area contributed by atoms with Crippen LogP contribution in [0.25, 0.3) is 0 Å². The molecule has 1 amide bonds. The maximum Gasteiger partial charge on any atom is 0.339 e. The smallest absolute Gasteiger partial charge is 0.339 e. The molecule has 0 fully saturated rings. The fourth-order valence-corrected chi connectivity index (χ4v) is 1.90. The molecule has 20 heavy (non-hydrogen) atoms. The van der Waals surface area contributed by atoms with Crippen LogP contribution in [0, 0.1) is 0 Å². The van der Waals surface area contributed by atoms with Crippen LogP contribution in [0.3, 0.4) is 0 Å². The summed E-state index contributed by atoms with van der Waals surface area (Å²) < 4.78 is 27.5. The first-order valence-electron chi connectivity index (χ1n) is 5.49. The zero-order chi connectivity index (χ0) is 15.3. The minimum absolute atomic E-state index is 0.0331. The van der Waals surface area contributed by atoms with Crippen LogP contribution in [0.4, 0.5) is 0 Å². The van der Waals surface area contributed by atoms with Crippen LogP contribution < -0.4 is 15.2 Å². The number of aromatic carboxylic acids is 1. The number of sulfonamides is 1. The van der Waals surface area contributed by atoms with Crippen molar-refractivity contribution < 1.29 is 27.9 Å².